The molecule has 7 heteroatoms. The van der Waals surface area contributed by atoms with Crippen LogP contribution in [0.25, 0.3) is 11.5 Å². The lowest BCUT2D eigenvalue weighted by Gasteiger charge is -1.98. The number of nitro benzene ring substituents is 1. The molecular formula is C11H10ClN3O3. The molecule has 0 saturated carbocycles. The van der Waals surface area contributed by atoms with Crippen molar-refractivity contribution in [3.05, 3.63) is 39.7 Å². The molecule has 6 nitrogen and oxygen atoms in total. The monoisotopic (exact) mass is 267 g/mol. The van der Waals surface area contributed by atoms with Gasteiger partial charge in [0.15, 0.2) is 5.82 Å². The first-order valence-corrected chi connectivity index (χ1v) is 5.65. The van der Waals surface area contributed by atoms with Crippen molar-refractivity contribution in [3.63, 3.8) is 0 Å². The Bertz CT molecular complexity index is 595. The molecule has 0 aliphatic carbocycles. The summed E-state index contributed by atoms with van der Waals surface area (Å²) >= 11 is 5.83. The average Bonchev–Trinajstić information content (AvgIpc) is 2.77. The fourth-order valence-electron chi connectivity index (χ4n) is 1.51. The first-order valence-electron chi connectivity index (χ1n) is 5.22. The van der Waals surface area contributed by atoms with Gasteiger partial charge in [0.2, 0.25) is 0 Å². The lowest BCUT2D eigenvalue weighted by Crippen LogP contribution is -1.92. The van der Waals surface area contributed by atoms with Gasteiger partial charge in [-0.05, 0) is 26.0 Å². The summed E-state index contributed by atoms with van der Waals surface area (Å²) in [6.45, 7) is 3.39. The van der Waals surface area contributed by atoms with Crippen molar-refractivity contribution in [2.24, 2.45) is 0 Å². The minimum atomic E-state index is -0.431. The number of aryl methyl sites for hydroxylation is 1. The molecular weight excluding hydrogens is 258 g/mol. The minimum absolute atomic E-state index is 0.0594. The van der Waals surface area contributed by atoms with Crippen molar-refractivity contribution in [1.82, 2.24) is 10.1 Å². The van der Waals surface area contributed by atoms with Crippen LogP contribution in [0.2, 0.25) is 0 Å². The number of hydrogen-bond acceptors (Lipinski definition) is 5. The Balaban J connectivity index is 2.39. The summed E-state index contributed by atoms with van der Waals surface area (Å²) in [6.07, 6.45) is 0. The zero-order valence-electron chi connectivity index (χ0n) is 9.75. The van der Waals surface area contributed by atoms with Gasteiger partial charge in [0, 0.05) is 17.2 Å². The number of hydrogen-bond donors (Lipinski definition) is 0. The summed E-state index contributed by atoms with van der Waals surface area (Å²) < 4.78 is 5.05. The number of halogens is 1. The lowest BCUT2D eigenvalue weighted by atomic mass is 10.1. The molecule has 1 aromatic heterocycles. The van der Waals surface area contributed by atoms with Gasteiger partial charge in [-0.3, -0.25) is 10.1 Å². The second-order valence-electron chi connectivity index (χ2n) is 3.83. The summed E-state index contributed by atoms with van der Waals surface area (Å²) in [4.78, 5) is 14.4. The van der Waals surface area contributed by atoms with Crippen molar-refractivity contribution >= 4 is 17.3 Å². The van der Waals surface area contributed by atoms with Crippen molar-refractivity contribution in [2.75, 3.05) is 0 Å². The predicted octanol–water partition coefficient (Wildman–Crippen LogP) is 3.25. The zero-order chi connectivity index (χ0) is 13.3. The molecule has 0 fully saturated rings. The molecule has 94 valence electrons. The van der Waals surface area contributed by atoms with Crippen LogP contribution in [0.4, 0.5) is 5.69 Å². The van der Waals surface area contributed by atoms with Gasteiger partial charge >= 0.3 is 0 Å². The number of rotatable bonds is 3. The predicted molar refractivity (Wildman–Crippen MR) is 65.4 cm³/mol. The molecule has 2 rings (SSSR count). The van der Waals surface area contributed by atoms with Gasteiger partial charge in [0.05, 0.1) is 10.3 Å². The second kappa shape index (κ2) is 4.73. The van der Waals surface area contributed by atoms with Crippen LogP contribution in [-0.2, 0) is 0 Å². The van der Waals surface area contributed by atoms with Gasteiger partial charge in [-0.15, -0.1) is 11.6 Å². The Kier molecular flexibility index (Phi) is 3.29. The molecule has 0 amide bonds. The first-order chi connectivity index (χ1) is 8.49. The van der Waals surface area contributed by atoms with E-state index in [4.69, 9.17) is 16.1 Å². The van der Waals surface area contributed by atoms with E-state index in [1.165, 1.54) is 6.07 Å². The van der Waals surface area contributed by atoms with Crippen LogP contribution in [0.5, 0.6) is 0 Å². The highest BCUT2D eigenvalue weighted by Gasteiger charge is 2.16. The van der Waals surface area contributed by atoms with Crippen molar-refractivity contribution in [2.45, 2.75) is 19.2 Å². The maximum absolute atomic E-state index is 10.7. The standard InChI is InChI=1S/C11H10ClN3O3/c1-6-5-8(3-4-9(6)15(16)17)11-13-10(7(2)12)14-18-11/h3-5,7H,1-2H3. The molecule has 1 aromatic carbocycles. The number of benzene rings is 1. The van der Waals surface area contributed by atoms with E-state index in [2.05, 4.69) is 10.1 Å². The van der Waals surface area contributed by atoms with Gasteiger partial charge in [-0.2, -0.15) is 4.98 Å². The molecule has 0 aliphatic heterocycles. The maximum Gasteiger partial charge on any atom is 0.272 e. The maximum atomic E-state index is 10.7. The van der Waals surface area contributed by atoms with Gasteiger partial charge in [0.1, 0.15) is 0 Å². The van der Waals surface area contributed by atoms with Crippen molar-refractivity contribution < 1.29 is 9.45 Å². The van der Waals surface area contributed by atoms with Crippen LogP contribution in [0.15, 0.2) is 22.7 Å². The van der Waals surface area contributed by atoms with Crippen LogP contribution in [0, 0.1) is 17.0 Å². The van der Waals surface area contributed by atoms with E-state index in [1.807, 2.05) is 0 Å². The lowest BCUT2D eigenvalue weighted by molar-refractivity contribution is -0.385. The summed E-state index contributed by atoms with van der Waals surface area (Å²) in [6, 6.07) is 4.62. The Morgan fingerprint density at radius 2 is 2.22 bits per heavy atom. The Morgan fingerprint density at radius 3 is 2.72 bits per heavy atom. The number of nitrogens with zero attached hydrogens (tertiary/aromatic N) is 3. The summed E-state index contributed by atoms with van der Waals surface area (Å²) in [5.41, 5.74) is 1.23. The van der Waals surface area contributed by atoms with Gasteiger partial charge in [-0.25, -0.2) is 0 Å². The van der Waals surface area contributed by atoms with E-state index in [9.17, 15) is 10.1 Å². The fraction of sp³-hybridized carbons (Fsp3) is 0.273. The van der Waals surface area contributed by atoms with Crippen LogP contribution >= 0.6 is 11.6 Å². The van der Waals surface area contributed by atoms with E-state index in [0.29, 0.717) is 22.8 Å². The quantitative estimate of drug-likeness (QED) is 0.484. The first kappa shape index (κ1) is 12.5. The summed E-state index contributed by atoms with van der Waals surface area (Å²) in [5.74, 6) is 0.693. The third kappa shape index (κ3) is 2.33. The highest BCUT2D eigenvalue weighted by molar-refractivity contribution is 6.20. The SMILES string of the molecule is Cc1cc(-c2nc(C(C)Cl)no2)ccc1[N+](=O)[O-]. The Morgan fingerprint density at radius 1 is 1.50 bits per heavy atom. The normalized spacial score (nSPS) is 12.4. The van der Waals surface area contributed by atoms with Crippen molar-refractivity contribution in [1.29, 1.82) is 0 Å². The van der Waals surface area contributed by atoms with Crippen molar-refractivity contribution in [3.8, 4) is 11.5 Å². The molecule has 0 N–H and O–H groups in total. The molecule has 0 aliphatic rings. The van der Waals surface area contributed by atoms with Crippen LogP contribution < -0.4 is 0 Å². The number of nitro groups is 1. The molecule has 18 heavy (non-hydrogen) atoms. The minimum Gasteiger partial charge on any atom is -0.334 e. The molecule has 0 bridgehead atoms. The van der Waals surface area contributed by atoms with E-state index < -0.39 is 4.92 Å². The van der Waals surface area contributed by atoms with Crippen LogP contribution in [0.1, 0.15) is 23.7 Å². The molecule has 1 atom stereocenters. The molecule has 0 radical (unpaired) electrons. The van der Waals surface area contributed by atoms with E-state index in [1.54, 1.807) is 26.0 Å². The van der Waals surface area contributed by atoms with Crippen LogP contribution in [0.3, 0.4) is 0 Å². The van der Waals surface area contributed by atoms with E-state index in [-0.39, 0.29) is 11.1 Å². The highest BCUT2D eigenvalue weighted by atomic mass is 35.5. The van der Waals surface area contributed by atoms with E-state index in [0.717, 1.165) is 0 Å². The largest absolute Gasteiger partial charge is 0.334 e. The molecule has 2 aromatic rings. The van der Waals surface area contributed by atoms with Gasteiger partial charge in [-0.1, -0.05) is 5.16 Å². The number of alkyl halides is 1. The Labute approximate surface area is 108 Å². The summed E-state index contributed by atoms with van der Waals surface area (Å²) in [5, 5.41) is 14.1. The fourth-order valence-corrected chi connectivity index (χ4v) is 1.60. The van der Waals surface area contributed by atoms with Gasteiger partial charge < -0.3 is 4.52 Å². The Hall–Kier alpha value is -1.95. The summed E-state index contributed by atoms with van der Waals surface area (Å²) in [7, 11) is 0. The highest BCUT2D eigenvalue weighted by Crippen LogP contribution is 2.26. The van der Waals surface area contributed by atoms with Crippen LogP contribution in [-0.4, -0.2) is 15.1 Å². The van der Waals surface area contributed by atoms with Gasteiger partial charge in [0.25, 0.3) is 11.6 Å². The zero-order valence-corrected chi connectivity index (χ0v) is 10.5. The topological polar surface area (TPSA) is 82.1 Å². The third-order valence-corrected chi connectivity index (χ3v) is 2.63. The smallest absolute Gasteiger partial charge is 0.272 e. The molecule has 0 saturated heterocycles. The van der Waals surface area contributed by atoms with E-state index >= 15 is 0 Å². The molecule has 0 spiro atoms. The molecule has 1 unspecified atom stereocenters. The average molecular weight is 268 g/mol. The second-order valence-corrected chi connectivity index (χ2v) is 4.49. The third-order valence-electron chi connectivity index (χ3n) is 2.44. The molecule has 1 heterocycles. The number of aromatic nitrogens is 2.